The third kappa shape index (κ3) is 2.73. The van der Waals surface area contributed by atoms with E-state index in [9.17, 15) is 5.11 Å². The van der Waals surface area contributed by atoms with Crippen molar-refractivity contribution in [3.63, 3.8) is 0 Å². The first-order valence-electron chi connectivity index (χ1n) is 5.75. The van der Waals surface area contributed by atoms with Gasteiger partial charge < -0.3 is 14.6 Å². The Kier molecular flexibility index (Phi) is 3.92. The zero-order chi connectivity index (χ0) is 12.4. The zero-order valence-electron chi connectivity index (χ0n) is 10.0. The smallest absolute Gasteiger partial charge is 0.125 e. The Labute approximate surface area is 106 Å². The quantitative estimate of drug-likeness (QED) is 0.904. The Morgan fingerprint density at radius 2 is 2.35 bits per heavy atom. The van der Waals surface area contributed by atoms with Gasteiger partial charge in [0.15, 0.2) is 0 Å². The summed E-state index contributed by atoms with van der Waals surface area (Å²) in [5.74, 6) is 0.972. The lowest BCUT2D eigenvalue weighted by atomic mass is 9.93. The molecule has 0 fully saturated rings. The molecule has 2 rings (SSSR count). The molecule has 1 aromatic carbocycles. The average Bonchev–Trinajstić information content (AvgIpc) is 2.30. The van der Waals surface area contributed by atoms with E-state index >= 15 is 0 Å². The molecular formula is C13H17ClO3. The molecule has 4 heteroatoms. The van der Waals surface area contributed by atoms with E-state index in [4.69, 9.17) is 21.1 Å². The van der Waals surface area contributed by atoms with Gasteiger partial charge in [0.1, 0.15) is 11.9 Å². The number of aliphatic hydroxyl groups is 1. The summed E-state index contributed by atoms with van der Waals surface area (Å²) in [7, 11) is 1.67. The first-order chi connectivity index (χ1) is 8.11. The number of halogens is 1. The summed E-state index contributed by atoms with van der Waals surface area (Å²) >= 11 is 5.90. The van der Waals surface area contributed by atoms with Crippen LogP contribution in [0.4, 0.5) is 0 Å². The number of ether oxygens (including phenoxy) is 2. The third-order valence-corrected chi connectivity index (χ3v) is 3.36. The highest BCUT2D eigenvalue weighted by Crippen LogP contribution is 2.38. The van der Waals surface area contributed by atoms with Gasteiger partial charge in [0.05, 0.1) is 12.7 Å². The van der Waals surface area contributed by atoms with Crippen LogP contribution in [0.2, 0.25) is 5.02 Å². The molecule has 1 N–H and O–H groups in total. The van der Waals surface area contributed by atoms with Crippen molar-refractivity contribution in [1.82, 2.24) is 0 Å². The molecule has 3 atom stereocenters. The van der Waals surface area contributed by atoms with Crippen LogP contribution in [0.25, 0.3) is 0 Å². The molecule has 0 saturated heterocycles. The number of fused-ring (bicyclic) bond motifs is 1. The normalized spacial score (nSPS) is 24.9. The van der Waals surface area contributed by atoms with Crippen LogP contribution in [-0.2, 0) is 4.74 Å². The molecular weight excluding hydrogens is 240 g/mol. The maximum atomic E-state index is 10.1. The fourth-order valence-corrected chi connectivity index (χ4v) is 2.34. The van der Waals surface area contributed by atoms with Crippen molar-refractivity contribution in [2.24, 2.45) is 5.92 Å². The third-order valence-electron chi connectivity index (χ3n) is 3.13. The van der Waals surface area contributed by atoms with Gasteiger partial charge >= 0.3 is 0 Å². The Morgan fingerprint density at radius 1 is 1.59 bits per heavy atom. The molecule has 1 heterocycles. The average molecular weight is 257 g/mol. The Hall–Kier alpha value is -0.770. The van der Waals surface area contributed by atoms with Crippen LogP contribution in [0.3, 0.4) is 0 Å². The second-order valence-electron chi connectivity index (χ2n) is 4.52. The maximum Gasteiger partial charge on any atom is 0.125 e. The van der Waals surface area contributed by atoms with E-state index in [1.807, 2.05) is 6.07 Å². The maximum absolute atomic E-state index is 10.1. The van der Waals surface area contributed by atoms with Gasteiger partial charge in [0.25, 0.3) is 0 Å². The van der Waals surface area contributed by atoms with E-state index in [1.54, 1.807) is 19.2 Å². The SMILES string of the molecule is COCC(C)C1C[C@H](O)c2cc(Cl)ccc2O1. The Morgan fingerprint density at radius 3 is 3.06 bits per heavy atom. The predicted octanol–water partition coefficient (Wildman–Crippen LogP) is 2.81. The second kappa shape index (κ2) is 5.25. The van der Waals surface area contributed by atoms with Crippen molar-refractivity contribution >= 4 is 11.6 Å². The van der Waals surface area contributed by atoms with E-state index in [0.29, 0.717) is 18.1 Å². The molecule has 0 aliphatic carbocycles. The van der Waals surface area contributed by atoms with Crippen LogP contribution in [0.1, 0.15) is 25.0 Å². The molecule has 0 aromatic heterocycles. The number of benzene rings is 1. The monoisotopic (exact) mass is 256 g/mol. The number of aliphatic hydroxyl groups excluding tert-OH is 1. The van der Waals surface area contributed by atoms with Crippen LogP contribution in [0.15, 0.2) is 18.2 Å². The molecule has 2 unspecified atom stereocenters. The summed E-state index contributed by atoms with van der Waals surface area (Å²) in [4.78, 5) is 0. The summed E-state index contributed by atoms with van der Waals surface area (Å²) in [5, 5.41) is 10.7. The van der Waals surface area contributed by atoms with Crippen LogP contribution in [0, 0.1) is 5.92 Å². The first-order valence-corrected chi connectivity index (χ1v) is 6.12. The fourth-order valence-electron chi connectivity index (χ4n) is 2.16. The molecule has 3 nitrogen and oxygen atoms in total. The highest BCUT2D eigenvalue weighted by molar-refractivity contribution is 6.30. The Balaban J connectivity index is 2.18. The van der Waals surface area contributed by atoms with Gasteiger partial charge in [-0.3, -0.25) is 0 Å². The van der Waals surface area contributed by atoms with Gasteiger partial charge in [-0.05, 0) is 18.2 Å². The lowest BCUT2D eigenvalue weighted by molar-refractivity contribution is 0.0137. The molecule has 1 aromatic rings. The molecule has 0 radical (unpaired) electrons. The minimum absolute atomic E-state index is 0.0152. The van der Waals surface area contributed by atoms with Gasteiger partial charge in [0, 0.05) is 30.0 Å². The molecule has 0 bridgehead atoms. The lowest BCUT2D eigenvalue weighted by Gasteiger charge is -2.33. The van der Waals surface area contributed by atoms with Crippen LogP contribution < -0.4 is 4.74 Å². The second-order valence-corrected chi connectivity index (χ2v) is 4.96. The summed E-state index contributed by atoms with van der Waals surface area (Å²) in [6.07, 6.45) is 0.0538. The molecule has 0 amide bonds. The molecule has 1 aliphatic heterocycles. The lowest BCUT2D eigenvalue weighted by Crippen LogP contribution is -2.33. The highest BCUT2D eigenvalue weighted by Gasteiger charge is 2.30. The number of hydrogen-bond acceptors (Lipinski definition) is 3. The number of rotatable bonds is 3. The molecule has 0 saturated carbocycles. The number of hydrogen-bond donors (Lipinski definition) is 1. The van der Waals surface area contributed by atoms with Gasteiger partial charge in [-0.2, -0.15) is 0 Å². The van der Waals surface area contributed by atoms with Gasteiger partial charge in [0.2, 0.25) is 0 Å². The zero-order valence-corrected chi connectivity index (χ0v) is 10.8. The molecule has 17 heavy (non-hydrogen) atoms. The van der Waals surface area contributed by atoms with E-state index < -0.39 is 6.10 Å². The topological polar surface area (TPSA) is 38.7 Å². The van der Waals surface area contributed by atoms with Gasteiger partial charge in [-0.25, -0.2) is 0 Å². The van der Waals surface area contributed by atoms with Gasteiger partial charge in [-0.15, -0.1) is 0 Å². The highest BCUT2D eigenvalue weighted by atomic mass is 35.5. The van der Waals surface area contributed by atoms with E-state index in [1.165, 1.54) is 0 Å². The first kappa shape index (κ1) is 12.7. The van der Waals surface area contributed by atoms with Crippen molar-refractivity contribution in [3.8, 4) is 5.75 Å². The van der Waals surface area contributed by atoms with Crippen molar-refractivity contribution in [2.75, 3.05) is 13.7 Å². The van der Waals surface area contributed by atoms with E-state index in [2.05, 4.69) is 6.92 Å². The summed E-state index contributed by atoms with van der Waals surface area (Å²) in [5.41, 5.74) is 0.776. The summed E-state index contributed by atoms with van der Waals surface area (Å²) < 4.78 is 11.0. The minimum atomic E-state index is -0.512. The molecule has 1 aliphatic rings. The van der Waals surface area contributed by atoms with Crippen LogP contribution in [-0.4, -0.2) is 24.9 Å². The summed E-state index contributed by atoms with van der Waals surface area (Å²) in [6, 6.07) is 5.35. The van der Waals surface area contributed by atoms with Crippen molar-refractivity contribution in [2.45, 2.75) is 25.6 Å². The predicted molar refractivity (Wildman–Crippen MR) is 66.5 cm³/mol. The standard InChI is InChI=1S/C13H17ClO3/c1-8(7-16-2)13-6-11(15)10-5-9(14)3-4-12(10)17-13/h3-5,8,11,13,15H,6-7H2,1-2H3/t8?,11-,13?/m0/s1. The van der Waals surface area contributed by atoms with Crippen molar-refractivity contribution in [3.05, 3.63) is 28.8 Å². The minimum Gasteiger partial charge on any atom is -0.490 e. The molecule has 0 spiro atoms. The van der Waals surface area contributed by atoms with Crippen LogP contribution >= 0.6 is 11.6 Å². The largest absolute Gasteiger partial charge is 0.490 e. The van der Waals surface area contributed by atoms with E-state index in [-0.39, 0.29) is 12.0 Å². The fraction of sp³-hybridized carbons (Fsp3) is 0.538. The molecule has 94 valence electrons. The van der Waals surface area contributed by atoms with Crippen molar-refractivity contribution in [1.29, 1.82) is 0 Å². The number of methoxy groups -OCH3 is 1. The van der Waals surface area contributed by atoms with Crippen molar-refractivity contribution < 1.29 is 14.6 Å². The van der Waals surface area contributed by atoms with Crippen LogP contribution in [0.5, 0.6) is 5.75 Å². The van der Waals surface area contributed by atoms with E-state index in [0.717, 1.165) is 11.3 Å². The Bertz CT molecular complexity index is 394. The van der Waals surface area contributed by atoms with Gasteiger partial charge in [-0.1, -0.05) is 18.5 Å². The summed E-state index contributed by atoms with van der Waals surface area (Å²) in [6.45, 7) is 2.68.